The Hall–Kier alpha value is -2.26. The third-order valence-corrected chi connectivity index (χ3v) is 2.59. The molecule has 2 heterocycles. The average Bonchev–Trinajstić information content (AvgIpc) is 2.96. The first-order valence-electron chi connectivity index (χ1n) is 6.61. The zero-order valence-electron chi connectivity index (χ0n) is 12.2. The molecule has 0 unspecified atom stereocenters. The van der Waals surface area contributed by atoms with Gasteiger partial charge in [-0.3, -0.25) is 4.57 Å². The zero-order chi connectivity index (χ0) is 15.1. The van der Waals surface area contributed by atoms with Crippen LogP contribution >= 0.6 is 0 Å². The summed E-state index contributed by atoms with van der Waals surface area (Å²) in [6.45, 7) is 2.75. The molecule has 0 radical (unpaired) electrons. The van der Waals surface area contributed by atoms with Gasteiger partial charge in [-0.25, -0.2) is 4.98 Å². The van der Waals surface area contributed by atoms with Gasteiger partial charge in [-0.1, -0.05) is 0 Å². The lowest BCUT2D eigenvalue weighted by atomic mass is 10.6. The van der Waals surface area contributed by atoms with E-state index < -0.39 is 0 Å². The minimum Gasteiger partial charge on any atom is -0.378 e. The third-order valence-electron chi connectivity index (χ3n) is 2.59. The highest BCUT2D eigenvalue weighted by atomic mass is 16.5. The number of ether oxygens (including phenoxy) is 1. The Morgan fingerprint density at radius 2 is 2.14 bits per heavy atom. The van der Waals surface area contributed by atoms with Gasteiger partial charge in [0.05, 0.1) is 13.2 Å². The number of nitrogens with two attached hydrogens (primary N) is 1. The molecule has 9 nitrogen and oxygen atoms in total. The first-order chi connectivity index (χ1) is 10.1. The molecule has 0 amide bonds. The Morgan fingerprint density at radius 1 is 1.29 bits per heavy atom. The SMILES string of the molecule is CN(C)CCOCCNc1nc(N)nc(-n2ccnc2)n1. The van der Waals surface area contributed by atoms with Crippen molar-refractivity contribution in [3.05, 3.63) is 18.7 Å². The number of nitrogens with one attached hydrogen (secondary N) is 1. The van der Waals surface area contributed by atoms with E-state index in [-0.39, 0.29) is 5.95 Å². The van der Waals surface area contributed by atoms with Crippen molar-refractivity contribution in [2.45, 2.75) is 0 Å². The number of imidazole rings is 1. The molecule has 0 saturated carbocycles. The van der Waals surface area contributed by atoms with Gasteiger partial charge in [-0.2, -0.15) is 15.0 Å². The summed E-state index contributed by atoms with van der Waals surface area (Å²) in [6, 6.07) is 0. The lowest BCUT2D eigenvalue weighted by Crippen LogP contribution is -2.20. The Morgan fingerprint density at radius 3 is 2.86 bits per heavy atom. The van der Waals surface area contributed by atoms with Crippen molar-refractivity contribution >= 4 is 11.9 Å². The fourth-order valence-corrected chi connectivity index (χ4v) is 1.54. The summed E-state index contributed by atoms with van der Waals surface area (Å²) in [7, 11) is 4.01. The van der Waals surface area contributed by atoms with Gasteiger partial charge in [0.25, 0.3) is 0 Å². The molecule has 2 rings (SSSR count). The fraction of sp³-hybridized carbons (Fsp3) is 0.500. The lowest BCUT2D eigenvalue weighted by molar-refractivity contribution is 0.126. The van der Waals surface area contributed by atoms with Crippen molar-refractivity contribution in [1.82, 2.24) is 29.4 Å². The summed E-state index contributed by atoms with van der Waals surface area (Å²) < 4.78 is 7.14. The molecular weight excluding hydrogens is 272 g/mol. The van der Waals surface area contributed by atoms with E-state index in [1.54, 1.807) is 23.3 Å². The van der Waals surface area contributed by atoms with Crippen LogP contribution in [0.3, 0.4) is 0 Å². The van der Waals surface area contributed by atoms with Crippen molar-refractivity contribution in [2.24, 2.45) is 0 Å². The smallest absolute Gasteiger partial charge is 0.241 e. The van der Waals surface area contributed by atoms with Crippen LogP contribution in [0.1, 0.15) is 0 Å². The number of hydrogen-bond donors (Lipinski definition) is 2. The topological polar surface area (TPSA) is 107 Å². The molecule has 0 aliphatic rings. The molecule has 0 bridgehead atoms. The molecule has 0 saturated heterocycles. The van der Waals surface area contributed by atoms with Crippen LogP contribution < -0.4 is 11.1 Å². The average molecular weight is 292 g/mol. The first-order valence-corrected chi connectivity index (χ1v) is 6.61. The molecule has 21 heavy (non-hydrogen) atoms. The van der Waals surface area contributed by atoms with E-state index in [2.05, 4.69) is 30.2 Å². The van der Waals surface area contributed by atoms with Gasteiger partial charge in [0.2, 0.25) is 17.8 Å². The van der Waals surface area contributed by atoms with E-state index in [1.165, 1.54) is 0 Å². The largest absolute Gasteiger partial charge is 0.378 e. The third kappa shape index (κ3) is 4.97. The maximum atomic E-state index is 5.68. The van der Waals surface area contributed by atoms with E-state index in [9.17, 15) is 0 Å². The van der Waals surface area contributed by atoms with Gasteiger partial charge in [-0.15, -0.1) is 0 Å². The highest BCUT2D eigenvalue weighted by Crippen LogP contribution is 2.06. The highest BCUT2D eigenvalue weighted by molar-refractivity contribution is 5.34. The van der Waals surface area contributed by atoms with Crippen LogP contribution in [-0.2, 0) is 4.74 Å². The number of anilines is 2. The Bertz CT molecular complexity index is 542. The van der Waals surface area contributed by atoms with Gasteiger partial charge in [0, 0.05) is 25.5 Å². The molecule has 2 aromatic rings. The first kappa shape index (κ1) is 15.1. The fourth-order valence-electron chi connectivity index (χ4n) is 1.54. The number of hydrogen-bond acceptors (Lipinski definition) is 8. The van der Waals surface area contributed by atoms with Crippen LogP contribution in [0.25, 0.3) is 5.95 Å². The Balaban J connectivity index is 1.83. The standard InChI is InChI=1S/C12H20N8O/c1-19(2)6-8-21-7-4-15-11-16-10(13)17-12(18-11)20-5-3-14-9-20/h3,5,9H,4,6-8H2,1-2H3,(H3,13,15,16,17,18). The van der Waals surface area contributed by atoms with E-state index in [1.807, 2.05) is 14.1 Å². The molecule has 114 valence electrons. The Kier molecular flexibility index (Phi) is 5.41. The molecule has 2 aromatic heterocycles. The molecule has 0 aliphatic heterocycles. The number of nitrogens with zero attached hydrogens (tertiary/aromatic N) is 6. The molecule has 9 heteroatoms. The van der Waals surface area contributed by atoms with Gasteiger partial charge >= 0.3 is 0 Å². The van der Waals surface area contributed by atoms with Gasteiger partial charge < -0.3 is 20.7 Å². The number of likely N-dealkylation sites (N-methyl/N-ethyl adjacent to an activating group) is 1. The maximum Gasteiger partial charge on any atom is 0.241 e. The predicted molar refractivity (Wildman–Crippen MR) is 79.2 cm³/mol. The van der Waals surface area contributed by atoms with Crippen LogP contribution in [0, 0.1) is 0 Å². The van der Waals surface area contributed by atoms with E-state index in [0.29, 0.717) is 31.7 Å². The highest BCUT2D eigenvalue weighted by Gasteiger charge is 2.05. The second kappa shape index (κ2) is 7.50. The molecule has 3 N–H and O–H groups in total. The molecule has 0 spiro atoms. The second-order valence-corrected chi connectivity index (χ2v) is 4.63. The van der Waals surface area contributed by atoms with Gasteiger partial charge in [0.1, 0.15) is 6.33 Å². The molecular formula is C12H20N8O. The molecule has 0 fully saturated rings. The van der Waals surface area contributed by atoms with Crippen molar-refractivity contribution < 1.29 is 4.74 Å². The van der Waals surface area contributed by atoms with Crippen LogP contribution in [-0.4, -0.2) is 69.8 Å². The summed E-state index contributed by atoms with van der Waals surface area (Å²) in [5.41, 5.74) is 5.68. The van der Waals surface area contributed by atoms with Crippen molar-refractivity contribution in [2.75, 3.05) is 51.4 Å². The van der Waals surface area contributed by atoms with Crippen molar-refractivity contribution in [3.8, 4) is 5.95 Å². The molecule has 0 atom stereocenters. The van der Waals surface area contributed by atoms with Crippen molar-refractivity contribution in [1.29, 1.82) is 0 Å². The molecule has 0 aromatic carbocycles. The van der Waals surface area contributed by atoms with Crippen LogP contribution in [0.4, 0.5) is 11.9 Å². The zero-order valence-corrected chi connectivity index (χ0v) is 12.2. The number of rotatable bonds is 8. The van der Waals surface area contributed by atoms with Gasteiger partial charge in [-0.05, 0) is 14.1 Å². The second-order valence-electron chi connectivity index (χ2n) is 4.63. The van der Waals surface area contributed by atoms with Crippen molar-refractivity contribution in [3.63, 3.8) is 0 Å². The number of nitrogen functional groups attached to an aromatic ring is 1. The van der Waals surface area contributed by atoms with E-state index >= 15 is 0 Å². The maximum absolute atomic E-state index is 5.68. The summed E-state index contributed by atoms with van der Waals surface area (Å²) >= 11 is 0. The Labute approximate surface area is 123 Å². The predicted octanol–water partition coefficient (Wildman–Crippen LogP) is -0.370. The summed E-state index contributed by atoms with van der Waals surface area (Å²) in [6.07, 6.45) is 4.98. The quantitative estimate of drug-likeness (QED) is 0.635. The van der Waals surface area contributed by atoms with E-state index in [4.69, 9.17) is 10.5 Å². The summed E-state index contributed by atoms with van der Waals surface area (Å²) in [5.74, 6) is 1.00. The summed E-state index contributed by atoms with van der Waals surface area (Å²) in [4.78, 5) is 18.4. The van der Waals surface area contributed by atoms with Gasteiger partial charge in [0.15, 0.2) is 0 Å². The van der Waals surface area contributed by atoms with Crippen LogP contribution in [0.5, 0.6) is 0 Å². The normalized spacial score (nSPS) is 11.0. The minimum absolute atomic E-state index is 0.157. The van der Waals surface area contributed by atoms with E-state index in [0.717, 1.165) is 6.54 Å². The summed E-state index contributed by atoms with van der Waals surface area (Å²) in [5, 5.41) is 3.06. The number of aromatic nitrogens is 5. The lowest BCUT2D eigenvalue weighted by Gasteiger charge is -2.10. The minimum atomic E-state index is 0.157. The monoisotopic (exact) mass is 292 g/mol. The molecule has 0 aliphatic carbocycles. The van der Waals surface area contributed by atoms with Crippen LogP contribution in [0.15, 0.2) is 18.7 Å². The van der Waals surface area contributed by atoms with Crippen LogP contribution in [0.2, 0.25) is 0 Å².